The second kappa shape index (κ2) is 6.49. The number of nitrogens with one attached hydrogen (secondary N) is 1. The number of benzene rings is 2. The largest absolute Gasteiger partial charge is 0.347 e. The van der Waals surface area contributed by atoms with Crippen LogP contribution in [0.1, 0.15) is 15.2 Å². The fourth-order valence-corrected chi connectivity index (χ4v) is 2.68. The fraction of sp³-hybridized carbons (Fsp3) is 0.0588. The van der Waals surface area contributed by atoms with Gasteiger partial charge in [0, 0.05) is 12.1 Å². The molecule has 0 saturated carbocycles. The highest BCUT2D eigenvalue weighted by atomic mass is 32.1. The van der Waals surface area contributed by atoms with Crippen molar-refractivity contribution in [2.75, 3.05) is 0 Å². The molecule has 0 saturated heterocycles. The van der Waals surface area contributed by atoms with Crippen LogP contribution < -0.4 is 5.32 Å². The Morgan fingerprint density at radius 1 is 1.09 bits per heavy atom. The van der Waals surface area contributed by atoms with E-state index in [0.29, 0.717) is 17.1 Å². The number of hydrogen-bond donors (Lipinski definition) is 1. The number of hydrogen-bond acceptors (Lipinski definition) is 3. The van der Waals surface area contributed by atoms with E-state index in [1.165, 1.54) is 12.1 Å². The Bertz CT molecular complexity index is 769. The molecule has 0 radical (unpaired) electrons. The first-order valence-electron chi connectivity index (χ1n) is 6.77. The molecular formula is C17H13FN2OS. The van der Waals surface area contributed by atoms with Crippen LogP contribution in [0.2, 0.25) is 0 Å². The van der Waals surface area contributed by atoms with Crippen LogP contribution in [0.15, 0.2) is 60.7 Å². The van der Waals surface area contributed by atoms with Gasteiger partial charge in [0.25, 0.3) is 5.91 Å². The molecule has 22 heavy (non-hydrogen) atoms. The number of aromatic nitrogens is 1. The van der Waals surface area contributed by atoms with Crippen LogP contribution in [0, 0.1) is 5.82 Å². The molecule has 1 N–H and O–H groups in total. The number of carbonyl (C=O) groups is 1. The Balaban J connectivity index is 1.68. The summed E-state index contributed by atoms with van der Waals surface area (Å²) in [6.45, 7) is 0.476. The monoisotopic (exact) mass is 312 g/mol. The predicted octanol–water partition coefficient (Wildman–Crippen LogP) is 3.88. The van der Waals surface area contributed by atoms with Crippen LogP contribution in [0.4, 0.5) is 4.39 Å². The highest BCUT2D eigenvalue weighted by Crippen LogP contribution is 2.22. The van der Waals surface area contributed by atoms with Gasteiger partial charge in [-0.2, -0.15) is 4.37 Å². The third-order valence-corrected chi connectivity index (χ3v) is 3.96. The number of nitrogens with zero attached hydrogens (tertiary/aromatic N) is 1. The first-order chi connectivity index (χ1) is 10.7. The van der Waals surface area contributed by atoms with Crippen LogP contribution >= 0.6 is 11.5 Å². The molecule has 0 spiro atoms. The van der Waals surface area contributed by atoms with Crippen molar-refractivity contribution in [2.45, 2.75) is 6.54 Å². The first-order valence-corrected chi connectivity index (χ1v) is 7.54. The van der Waals surface area contributed by atoms with Crippen molar-refractivity contribution in [1.29, 1.82) is 0 Å². The molecule has 110 valence electrons. The molecule has 0 aliphatic rings. The molecule has 1 aromatic heterocycles. The zero-order valence-electron chi connectivity index (χ0n) is 11.6. The third kappa shape index (κ3) is 3.38. The molecular weight excluding hydrogens is 299 g/mol. The lowest BCUT2D eigenvalue weighted by Crippen LogP contribution is -2.21. The van der Waals surface area contributed by atoms with Crippen molar-refractivity contribution >= 4 is 17.4 Å². The third-order valence-electron chi connectivity index (χ3n) is 3.17. The summed E-state index contributed by atoms with van der Waals surface area (Å²) >= 11 is 1.14. The van der Waals surface area contributed by atoms with Gasteiger partial charge < -0.3 is 5.32 Å². The van der Waals surface area contributed by atoms with E-state index in [2.05, 4.69) is 9.69 Å². The van der Waals surface area contributed by atoms with Crippen molar-refractivity contribution in [1.82, 2.24) is 9.69 Å². The minimum atomic E-state index is -0.292. The van der Waals surface area contributed by atoms with E-state index in [9.17, 15) is 9.18 Å². The number of halogens is 1. The molecule has 3 rings (SSSR count). The molecule has 0 unspecified atom stereocenters. The van der Waals surface area contributed by atoms with E-state index < -0.39 is 0 Å². The van der Waals surface area contributed by atoms with Gasteiger partial charge in [-0.25, -0.2) is 4.39 Å². The van der Waals surface area contributed by atoms with Gasteiger partial charge >= 0.3 is 0 Å². The average molecular weight is 312 g/mol. The van der Waals surface area contributed by atoms with Gasteiger partial charge in [0.15, 0.2) is 0 Å². The van der Waals surface area contributed by atoms with Crippen LogP contribution in [-0.4, -0.2) is 10.3 Å². The lowest BCUT2D eigenvalue weighted by atomic mass is 10.1. The molecule has 0 bridgehead atoms. The van der Waals surface area contributed by atoms with Crippen LogP contribution in [0.25, 0.3) is 11.3 Å². The molecule has 1 amide bonds. The summed E-state index contributed by atoms with van der Waals surface area (Å²) in [6, 6.07) is 17.5. The molecule has 0 atom stereocenters. The molecule has 3 nitrogen and oxygen atoms in total. The van der Waals surface area contributed by atoms with Gasteiger partial charge in [0.05, 0.1) is 5.69 Å². The van der Waals surface area contributed by atoms with Crippen molar-refractivity contribution in [3.8, 4) is 11.3 Å². The predicted molar refractivity (Wildman–Crippen MR) is 85.1 cm³/mol. The zero-order valence-corrected chi connectivity index (χ0v) is 12.4. The van der Waals surface area contributed by atoms with E-state index in [-0.39, 0.29) is 11.7 Å². The Labute approximate surface area is 131 Å². The number of carbonyl (C=O) groups excluding carboxylic acids is 1. The van der Waals surface area contributed by atoms with Crippen molar-refractivity contribution in [3.63, 3.8) is 0 Å². The Hall–Kier alpha value is -2.53. The molecule has 0 aliphatic carbocycles. The molecule has 3 aromatic rings. The summed E-state index contributed by atoms with van der Waals surface area (Å²) < 4.78 is 17.2. The standard InChI is InChI=1S/C17H13FN2OS/c18-14-8-6-13(7-9-14)15-10-16(22-20-15)17(21)19-11-12-4-2-1-3-5-12/h1-10H,11H2,(H,19,21). The summed E-state index contributed by atoms with van der Waals surface area (Å²) in [5.41, 5.74) is 2.51. The van der Waals surface area contributed by atoms with Crippen LogP contribution in [0.3, 0.4) is 0 Å². The Morgan fingerprint density at radius 2 is 1.82 bits per heavy atom. The molecule has 0 fully saturated rings. The zero-order chi connectivity index (χ0) is 15.4. The second-order valence-electron chi connectivity index (χ2n) is 4.75. The van der Waals surface area contributed by atoms with Crippen molar-refractivity contribution in [3.05, 3.63) is 76.9 Å². The van der Waals surface area contributed by atoms with Crippen LogP contribution in [0.5, 0.6) is 0 Å². The minimum absolute atomic E-state index is 0.158. The van der Waals surface area contributed by atoms with E-state index in [4.69, 9.17) is 0 Å². The summed E-state index contributed by atoms with van der Waals surface area (Å²) in [6.07, 6.45) is 0. The smallest absolute Gasteiger partial charge is 0.263 e. The summed E-state index contributed by atoms with van der Waals surface area (Å²) in [5, 5.41) is 2.86. The lowest BCUT2D eigenvalue weighted by Gasteiger charge is -2.02. The van der Waals surface area contributed by atoms with E-state index in [0.717, 1.165) is 22.7 Å². The van der Waals surface area contributed by atoms with Gasteiger partial charge in [-0.15, -0.1) is 0 Å². The summed E-state index contributed by atoms with van der Waals surface area (Å²) in [7, 11) is 0. The first kappa shape index (κ1) is 14.4. The van der Waals surface area contributed by atoms with Crippen LogP contribution in [-0.2, 0) is 6.54 Å². The van der Waals surface area contributed by atoms with Crippen molar-refractivity contribution < 1.29 is 9.18 Å². The number of amides is 1. The maximum absolute atomic E-state index is 12.9. The van der Waals surface area contributed by atoms with E-state index in [1.807, 2.05) is 30.3 Å². The highest BCUT2D eigenvalue weighted by molar-refractivity contribution is 7.08. The van der Waals surface area contributed by atoms with Gasteiger partial charge in [0.2, 0.25) is 0 Å². The van der Waals surface area contributed by atoms with Gasteiger partial charge in [-0.1, -0.05) is 30.3 Å². The van der Waals surface area contributed by atoms with Gasteiger partial charge in [0.1, 0.15) is 10.7 Å². The van der Waals surface area contributed by atoms with E-state index >= 15 is 0 Å². The fourth-order valence-electron chi connectivity index (χ4n) is 2.00. The van der Waals surface area contributed by atoms with E-state index in [1.54, 1.807) is 18.2 Å². The second-order valence-corrected chi connectivity index (χ2v) is 5.56. The van der Waals surface area contributed by atoms with Crippen molar-refractivity contribution in [2.24, 2.45) is 0 Å². The lowest BCUT2D eigenvalue weighted by molar-refractivity contribution is 0.0955. The molecule has 0 aliphatic heterocycles. The molecule has 5 heteroatoms. The topological polar surface area (TPSA) is 42.0 Å². The normalized spacial score (nSPS) is 10.4. The van der Waals surface area contributed by atoms with Gasteiger partial charge in [-0.3, -0.25) is 4.79 Å². The number of rotatable bonds is 4. The maximum atomic E-state index is 12.9. The Kier molecular flexibility index (Phi) is 4.25. The molecule has 2 aromatic carbocycles. The minimum Gasteiger partial charge on any atom is -0.347 e. The molecule has 1 heterocycles. The highest BCUT2D eigenvalue weighted by Gasteiger charge is 2.11. The quantitative estimate of drug-likeness (QED) is 0.794. The maximum Gasteiger partial charge on any atom is 0.263 e. The summed E-state index contributed by atoms with van der Waals surface area (Å²) in [4.78, 5) is 12.7. The average Bonchev–Trinajstić information content (AvgIpc) is 3.04. The Morgan fingerprint density at radius 3 is 2.55 bits per heavy atom. The summed E-state index contributed by atoms with van der Waals surface area (Å²) in [5.74, 6) is -0.450. The van der Waals surface area contributed by atoms with Gasteiger partial charge in [-0.05, 0) is 47.4 Å². The SMILES string of the molecule is O=C(NCc1ccccc1)c1cc(-c2ccc(F)cc2)ns1.